The number of thioether (sulfide) groups is 1. The lowest BCUT2D eigenvalue weighted by Crippen LogP contribution is -2.28. The molecule has 1 N–H and O–H groups in total. The first-order valence-electron chi connectivity index (χ1n) is 4.81. The Labute approximate surface area is 101 Å². The number of aliphatic hydroxyl groups excluding tert-OH is 1. The zero-order valence-corrected chi connectivity index (χ0v) is 10.9. The number of thiocarbonyl (C=S) groups is 1. The van der Waals surface area contributed by atoms with Gasteiger partial charge in [0, 0.05) is 5.41 Å². The van der Waals surface area contributed by atoms with Crippen LogP contribution in [0.4, 0.5) is 0 Å². The highest BCUT2D eigenvalue weighted by molar-refractivity contribution is 8.22. The van der Waals surface area contributed by atoms with E-state index in [9.17, 15) is 5.11 Å². The molecule has 0 fully saturated rings. The van der Waals surface area contributed by atoms with E-state index in [-0.39, 0.29) is 5.41 Å². The Morgan fingerprint density at radius 3 is 2.33 bits per heavy atom. The molecule has 15 heavy (non-hydrogen) atoms. The molecule has 0 saturated carbocycles. The van der Waals surface area contributed by atoms with Gasteiger partial charge in [-0.1, -0.05) is 56.4 Å². The van der Waals surface area contributed by atoms with E-state index in [1.165, 1.54) is 11.8 Å². The van der Waals surface area contributed by atoms with E-state index in [4.69, 9.17) is 12.2 Å². The van der Waals surface area contributed by atoms with Crippen LogP contribution in [0.1, 0.15) is 25.5 Å². The highest BCUT2D eigenvalue weighted by Gasteiger charge is 2.32. The summed E-state index contributed by atoms with van der Waals surface area (Å²) in [4.78, 5) is 0. The van der Waals surface area contributed by atoms with Crippen LogP contribution >= 0.6 is 24.0 Å². The van der Waals surface area contributed by atoms with Gasteiger partial charge in [-0.2, -0.15) is 0 Å². The molecule has 0 amide bonds. The van der Waals surface area contributed by atoms with E-state index < -0.39 is 6.10 Å². The Morgan fingerprint density at radius 1 is 1.33 bits per heavy atom. The molecular weight excluding hydrogens is 224 g/mol. The first kappa shape index (κ1) is 12.7. The number of hydrogen-bond donors (Lipinski definition) is 1. The van der Waals surface area contributed by atoms with Gasteiger partial charge in [0.2, 0.25) is 0 Å². The van der Waals surface area contributed by atoms with Crippen LogP contribution in [0.25, 0.3) is 0 Å². The lowest BCUT2D eigenvalue weighted by atomic mass is 9.84. The molecule has 0 saturated heterocycles. The van der Waals surface area contributed by atoms with Crippen molar-refractivity contribution in [1.29, 1.82) is 0 Å². The molecule has 0 spiro atoms. The fraction of sp³-hybridized carbons (Fsp3) is 0.417. The van der Waals surface area contributed by atoms with Gasteiger partial charge in [0.25, 0.3) is 0 Å². The van der Waals surface area contributed by atoms with Crippen molar-refractivity contribution in [3.63, 3.8) is 0 Å². The van der Waals surface area contributed by atoms with Gasteiger partial charge in [-0.3, -0.25) is 0 Å². The summed E-state index contributed by atoms with van der Waals surface area (Å²) in [5.74, 6) is 0. The molecule has 1 aromatic carbocycles. The normalized spacial score (nSPS) is 13.6. The van der Waals surface area contributed by atoms with Crippen LogP contribution in [0, 0.1) is 5.41 Å². The van der Waals surface area contributed by atoms with Crippen molar-refractivity contribution in [3.05, 3.63) is 35.9 Å². The molecule has 0 aliphatic heterocycles. The maximum Gasteiger partial charge on any atom is 0.0894 e. The van der Waals surface area contributed by atoms with Crippen LogP contribution in [0.3, 0.4) is 0 Å². The Bertz CT molecular complexity index is 333. The third kappa shape index (κ3) is 2.80. The van der Waals surface area contributed by atoms with Crippen LogP contribution in [-0.4, -0.2) is 15.6 Å². The molecular formula is C12H16OS2. The van der Waals surface area contributed by atoms with E-state index in [2.05, 4.69) is 0 Å². The van der Waals surface area contributed by atoms with Gasteiger partial charge in [-0.15, -0.1) is 11.8 Å². The number of hydrogen-bond acceptors (Lipinski definition) is 3. The predicted molar refractivity (Wildman–Crippen MR) is 71.3 cm³/mol. The monoisotopic (exact) mass is 240 g/mol. The van der Waals surface area contributed by atoms with E-state index in [1.54, 1.807) is 0 Å². The second kappa shape index (κ2) is 5.10. The minimum absolute atomic E-state index is 0.379. The summed E-state index contributed by atoms with van der Waals surface area (Å²) in [6, 6.07) is 9.65. The summed E-state index contributed by atoms with van der Waals surface area (Å²) in [6.45, 7) is 3.95. The first-order valence-corrected chi connectivity index (χ1v) is 6.45. The third-order valence-electron chi connectivity index (χ3n) is 2.51. The van der Waals surface area contributed by atoms with E-state index >= 15 is 0 Å². The molecule has 0 unspecified atom stereocenters. The Morgan fingerprint density at radius 2 is 1.87 bits per heavy atom. The van der Waals surface area contributed by atoms with Crippen molar-refractivity contribution in [2.75, 3.05) is 6.26 Å². The average molecular weight is 240 g/mol. The van der Waals surface area contributed by atoms with Crippen molar-refractivity contribution < 1.29 is 5.11 Å². The molecule has 1 nitrogen and oxygen atoms in total. The minimum atomic E-state index is -0.543. The highest BCUT2D eigenvalue weighted by atomic mass is 32.2. The molecule has 0 radical (unpaired) electrons. The summed E-state index contributed by atoms with van der Waals surface area (Å²) in [5, 5.41) is 10.2. The molecule has 0 bridgehead atoms. The standard InChI is InChI=1S/C12H16OS2/c1-12(2,11(14)15-3)10(13)9-7-5-4-6-8-9/h4-8,10,13H,1-3H3/t10-/m1/s1. The van der Waals surface area contributed by atoms with Gasteiger partial charge in [-0.25, -0.2) is 0 Å². The van der Waals surface area contributed by atoms with E-state index in [1.807, 2.05) is 50.4 Å². The molecule has 3 heteroatoms. The molecule has 1 atom stereocenters. The van der Waals surface area contributed by atoms with Crippen LogP contribution in [-0.2, 0) is 0 Å². The molecule has 1 rings (SSSR count). The SMILES string of the molecule is CSC(=S)C(C)(C)[C@H](O)c1ccccc1. The average Bonchev–Trinajstić information content (AvgIpc) is 2.28. The van der Waals surface area contributed by atoms with Crippen molar-refractivity contribution in [2.45, 2.75) is 20.0 Å². The van der Waals surface area contributed by atoms with Crippen molar-refractivity contribution in [3.8, 4) is 0 Å². The second-order valence-corrected chi connectivity index (χ2v) is 5.51. The molecule has 0 heterocycles. The lowest BCUT2D eigenvalue weighted by Gasteiger charge is -2.30. The number of aliphatic hydroxyl groups is 1. The van der Waals surface area contributed by atoms with Gasteiger partial charge >= 0.3 is 0 Å². The van der Waals surface area contributed by atoms with Crippen molar-refractivity contribution >= 4 is 28.2 Å². The lowest BCUT2D eigenvalue weighted by molar-refractivity contribution is 0.0973. The largest absolute Gasteiger partial charge is 0.387 e. The summed E-state index contributed by atoms with van der Waals surface area (Å²) in [6.07, 6.45) is 1.40. The van der Waals surface area contributed by atoms with Crippen molar-refractivity contribution in [1.82, 2.24) is 0 Å². The zero-order valence-electron chi connectivity index (χ0n) is 9.23. The van der Waals surface area contributed by atoms with Gasteiger partial charge in [0.15, 0.2) is 0 Å². The van der Waals surface area contributed by atoms with Gasteiger partial charge in [-0.05, 0) is 11.8 Å². The molecule has 1 aromatic rings. The summed E-state index contributed by atoms with van der Waals surface area (Å²) in [7, 11) is 0. The second-order valence-electron chi connectivity index (χ2n) is 4.03. The van der Waals surface area contributed by atoms with Crippen LogP contribution < -0.4 is 0 Å². The zero-order chi connectivity index (χ0) is 11.5. The fourth-order valence-electron chi connectivity index (χ4n) is 1.43. The Hall–Kier alpha value is -0.380. The first-order chi connectivity index (χ1) is 7.00. The minimum Gasteiger partial charge on any atom is -0.387 e. The summed E-state index contributed by atoms with van der Waals surface area (Å²) < 4.78 is 0.832. The van der Waals surface area contributed by atoms with Crippen LogP contribution in [0.5, 0.6) is 0 Å². The number of rotatable bonds is 3. The Kier molecular flexibility index (Phi) is 4.32. The smallest absolute Gasteiger partial charge is 0.0894 e. The highest BCUT2D eigenvalue weighted by Crippen LogP contribution is 2.37. The van der Waals surface area contributed by atoms with Crippen LogP contribution in [0.2, 0.25) is 0 Å². The predicted octanol–water partition coefficient (Wildman–Crippen LogP) is 3.44. The fourth-order valence-corrected chi connectivity index (χ4v) is 2.18. The number of benzene rings is 1. The van der Waals surface area contributed by atoms with E-state index in [0.29, 0.717) is 0 Å². The Balaban J connectivity index is 2.94. The topological polar surface area (TPSA) is 20.2 Å². The molecule has 0 aliphatic carbocycles. The van der Waals surface area contributed by atoms with Crippen LogP contribution in [0.15, 0.2) is 30.3 Å². The third-order valence-corrected chi connectivity index (χ3v) is 4.43. The van der Waals surface area contributed by atoms with Gasteiger partial charge in [0.1, 0.15) is 0 Å². The summed E-state index contributed by atoms with van der Waals surface area (Å²) >= 11 is 6.80. The quantitative estimate of drug-likeness (QED) is 0.817. The molecule has 82 valence electrons. The van der Waals surface area contributed by atoms with Gasteiger partial charge in [0.05, 0.1) is 10.3 Å². The molecule has 0 aromatic heterocycles. The maximum absolute atomic E-state index is 10.2. The summed E-state index contributed by atoms with van der Waals surface area (Å²) in [5.41, 5.74) is 0.537. The molecule has 0 aliphatic rings. The van der Waals surface area contributed by atoms with Gasteiger partial charge < -0.3 is 5.11 Å². The maximum atomic E-state index is 10.2. The van der Waals surface area contributed by atoms with E-state index in [0.717, 1.165) is 9.76 Å². The van der Waals surface area contributed by atoms with Crippen molar-refractivity contribution in [2.24, 2.45) is 5.41 Å².